The van der Waals surface area contributed by atoms with Crippen LogP contribution in [-0.2, 0) is 25.4 Å². The molecule has 1 fully saturated rings. The van der Waals surface area contributed by atoms with Crippen LogP contribution >= 0.6 is 0 Å². The summed E-state index contributed by atoms with van der Waals surface area (Å²) in [5.41, 5.74) is 0.804. The zero-order chi connectivity index (χ0) is 34.8. The number of nitrogens with zero attached hydrogens (tertiary/aromatic N) is 1. The van der Waals surface area contributed by atoms with E-state index in [4.69, 9.17) is 18.9 Å². The Morgan fingerprint density at radius 1 is 1.00 bits per heavy atom. The van der Waals surface area contributed by atoms with Crippen LogP contribution in [0.3, 0.4) is 0 Å². The predicted molar refractivity (Wildman–Crippen MR) is 176 cm³/mol. The third-order valence-corrected chi connectivity index (χ3v) is 7.26. The molecule has 0 saturated heterocycles. The van der Waals surface area contributed by atoms with Crippen molar-refractivity contribution in [2.45, 2.75) is 51.7 Å². The van der Waals surface area contributed by atoms with Crippen molar-refractivity contribution in [3.8, 4) is 16.9 Å². The van der Waals surface area contributed by atoms with Crippen molar-refractivity contribution in [1.82, 2.24) is 15.6 Å². The van der Waals surface area contributed by atoms with Crippen molar-refractivity contribution < 1.29 is 42.9 Å². The summed E-state index contributed by atoms with van der Waals surface area (Å²) in [4.78, 5) is 68.4. The molecule has 12 nitrogen and oxygen atoms in total. The maximum absolute atomic E-state index is 13.5. The summed E-state index contributed by atoms with van der Waals surface area (Å²) in [5.74, 6) is -1.60. The molecule has 0 spiro atoms. The Morgan fingerprint density at radius 3 is 2.35 bits per heavy atom. The highest BCUT2D eigenvalue weighted by atomic mass is 16.7. The second kappa shape index (κ2) is 15.9. The molecule has 1 aliphatic rings. The van der Waals surface area contributed by atoms with Gasteiger partial charge in [0.1, 0.15) is 23.1 Å². The molecule has 0 radical (unpaired) electrons. The number of ether oxygens (including phenoxy) is 4. The lowest BCUT2D eigenvalue weighted by molar-refractivity contribution is -0.154. The monoisotopic (exact) mass is 657 g/mol. The lowest BCUT2D eigenvalue weighted by atomic mass is 9.95. The third-order valence-electron chi connectivity index (χ3n) is 7.26. The Balaban J connectivity index is 1.57. The van der Waals surface area contributed by atoms with Gasteiger partial charge >= 0.3 is 18.0 Å². The minimum Gasteiger partial charge on any atom is -0.496 e. The van der Waals surface area contributed by atoms with E-state index in [-0.39, 0.29) is 28.9 Å². The Bertz CT molecular complexity index is 1680. The number of benzene rings is 2. The molecule has 2 amide bonds. The molecule has 1 atom stereocenters. The van der Waals surface area contributed by atoms with E-state index >= 15 is 0 Å². The van der Waals surface area contributed by atoms with E-state index in [2.05, 4.69) is 22.2 Å². The lowest BCUT2D eigenvalue weighted by Crippen LogP contribution is -2.45. The first-order valence-electron chi connectivity index (χ1n) is 15.4. The fourth-order valence-electron chi connectivity index (χ4n) is 4.69. The Hall–Kier alpha value is -5.52. The molecule has 1 aliphatic carbocycles. The smallest absolute Gasteiger partial charge is 0.408 e. The molecule has 1 heterocycles. The molecular formula is C36H39N3O9. The standard InChI is InChI=1S/C36H39N3O9/c1-6-24-17-25(20-40)27(18-30(24)45-5)26-14-15-28(32(41)37-19-23-12-13-23)38-31(26)34(43)47-21-46-33(42)29(16-22-10-8-7-9-11-22)39-35(44)48-36(2,3)4/h6-11,14-15,17-18,20,23,29H,1,12-13,16,19,21H2,2-5H3,(H,37,41)(H,39,44)/t29-/m0/s1. The summed E-state index contributed by atoms with van der Waals surface area (Å²) in [6.07, 6.45) is 3.44. The zero-order valence-corrected chi connectivity index (χ0v) is 27.4. The molecule has 2 N–H and O–H groups in total. The fraction of sp³-hybridized carbons (Fsp3) is 0.333. The Kier molecular flexibility index (Phi) is 11.7. The maximum atomic E-state index is 13.5. The van der Waals surface area contributed by atoms with Crippen LogP contribution in [0.2, 0.25) is 0 Å². The summed E-state index contributed by atoms with van der Waals surface area (Å²) in [7, 11) is 1.45. The number of aldehydes is 1. The van der Waals surface area contributed by atoms with Crippen LogP contribution in [0.5, 0.6) is 5.75 Å². The number of alkyl carbamates (subject to hydrolysis) is 1. The van der Waals surface area contributed by atoms with Gasteiger partial charge in [-0.3, -0.25) is 9.59 Å². The van der Waals surface area contributed by atoms with E-state index in [0.717, 1.165) is 18.4 Å². The molecule has 4 rings (SSSR count). The largest absolute Gasteiger partial charge is 0.496 e. The van der Waals surface area contributed by atoms with E-state index < -0.39 is 42.4 Å². The van der Waals surface area contributed by atoms with Crippen molar-refractivity contribution in [3.63, 3.8) is 0 Å². The van der Waals surface area contributed by atoms with Crippen LogP contribution in [-0.4, -0.2) is 67.3 Å². The molecule has 0 bridgehead atoms. The van der Waals surface area contributed by atoms with Crippen molar-refractivity contribution in [2.75, 3.05) is 20.4 Å². The van der Waals surface area contributed by atoms with E-state index in [1.807, 2.05) is 6.07 Å². The highest BCUT2D eigenvalue weighted by Crippen LogP contribution is 2.33. The third kappa shape index (κ3) is 9.74. The number of hydrogen-bond donors (Lipinski definition) is 2. The first-order chi connectivity index (χ1) is 22.9. The van der Waals surface area contributed by atoms with Crippen LogP contribution < -0.4 is 15.4 Å². The molecule has 12 heteroatoms. The summed E-state index contributed by atoms with van der Waals surface area (Å²) < 4.78 is 21.3. The van der Waals surface area contributed by atoms with Crippen molar-refractivity contribution in [3.05, 3.63) is 89.3 Å². The van der Waals surface area contributed by atoms with Gasteiger partial charge in [0.2, 0.25) is 6.79 Å². The number of esters is 2. The molecule has 0 unspecified atom stereocenters. The number of rotatable bonds is 14. The second-order valence-corrected chi connectivity index (χ2v) is 12.2. The van der Waals surface area contributed by atoms with Gasteiger partial charge in [-0.25, -0.2) is 19.4 Å². The number of hydrogen-bond acceptors (Lipinski definition) is 10. The van der Waals surface area contributed by atoms with Gasteiger partial charge in [0.15, 0.2) is 12.0 Å². The Morgan fingerprint density at radius 2 is 1.73 bits per heavy atom. The first-order valence-corrected chi connectivity index (χ1v) is 15.4. The minimum atomic E-state index is -1.17. The van der Waals surface area contributed by atoms with Crippen molar-refractivity contribution in [2.24, 2.45) is 5.92 Å². The molecule has 1 aromatic heterocycles. The summed E-state index contributed by atoms with van der Waals surface area (Å²) in [6, 6.07) is 13.8. The van der Waals surface area contributed by atoms with Crippen molar-refractivity contribution >= 4 is 36.3 Å². The molecular weight excluding hydrogens is 618 g/mol. The molecule has 0 aliphatic heterocycles. The maximum Gasteiger partial charge on any atom is 0.408 e. The number of methoxy groups -OCH3 is 1. The van der Waals surface area contributed by atoms with E-state index in [1.165, 1.54) is 25.3 Å². The normalized spacial score (nSPS) is 13.0. The average molecular weight is 658 g/mol. The summed E-state index contributed by atoms with van der Waals surface area (Å²) >= 11 is 0. The average Bonchev–Trinajstić information content (AvgIpc) is 3.90. The fourth-order valence-corrected chi connectivity index (χ4v) is 4.69. The zero-order valence-electron chi connectivity index (χ0n) is 27.4. The van der Waals surface area contributed by atoms with Gasteiger partial charge in [-0.15, -0.1) is 0 Å². The number of nitrogens with one attached hydrogen (secondary N) is 2. The topological polar surface area (TPSA) is 159 Å². The van der Waals surface area contributed by atoms with Crippen LogP contribution in [0.15, 0.2) is 61.2 Å². The second-order valence-electron chi connectivity index (χ2n) is 12.2. The molecule has 3 aromatic rings. The van der Waals surface area contributed by atoms with E-state index in [1.54, 1.807) is 57.2 Å². The van der Waals surface area contributed by atoms with Crippen LogP contribution in [0.4, 0.5) is 4.79 Å². The van der Waals surface area contributed by atoms with E-state index in [9.17, 15) is 24.0 Å². The number of pyridine rings is 1. The minimum absolute atomic E-state index is 0.0461. The number of aromatic nitrogens is 1. The number of carbonyl (C=O) groups excluding carboxylic acids is 5. The highest BCUT2D eigenvalue weighted by Gasteiger charge is 2.28. The summed E-state index contributed by atoms with van der Waals surface area (Å²) in [5, 5.41) is 5.32. The van der Waals surface area contributed by atoms with Gasteiger partial charge in [0, 0.05) is 29.7 Å². The van der Waals surface area contributed by atoms with Gasteiger partial charge < -0.3 is 29.6 Å². The van der Waals surface area contributed by atoms with Crippen molar-refractivity contribution in [1.29, 1.82) is 0 Å². The Labute approximate surface area is 278 Å². The van der Waals surface area contributed by atoms with E-state index in [0.29, 0.717) is 35.6 Å². The SMILES string of the molecule is C=Cc1cc(C=O)c(-c2ccc(C(=O)NCC3CC3)nc2C(=O)OCOC(=O)[C@H](Cc2ccccc2)NC(=O)OC(C)(C)C)cc1OC. The molecule has 48 heavy (non-hydrogen) atoms. The number of carbonyl (C=O) groups is 5. The van der Waals surface area contributed by atoms with Gasteiger partial charge in [-0.2, -0.15) is 0 Å². The van der Waals surface area contributed by atoms with Crippen LogP contribution in [0.1, 0.15) is 76.1 Å². The predicted octanol–water partition coefficient (Wildman–Crippen LogP) is 5.15. The van der Waals surface area contributed by atoms with Crippen LogP contribution in [0.25, 0.3) is 17.2 Å². The first kappa shape index (κ1) is 35.3. The molecule has 2 aromatic carbocycles. The molecule has 252 valence electrons. The van der Waals surface area contributed by atoms with Gasteiger partial charge in [-0.1, -0.05) is 43.0 Å². The number of amides is 2. The van der Waals surface area contributed by atoms with Crippen LogP contribution in [0, 0.1) is 5.92 Å². The lowest BCUT2D eigenvalue weighted by Gasteiger charge is -2.23. The quantitative estimate of drug-likeness (QED) is 0.135. The van der Waals surface area contributed by atoms with Gasteiger partial charge in [-0.05, 0) is 74.9 Å². The van der Waals surface area contributed by atoms with Gasteiger partial charge in [0.25, 0.3) is 5.91 Å². The summed E-state index contributed by atoms with van der Waals surface area (Å²) in [6.45, 7) is 8.45. The molecule has 1 saturated carbocycles. The highest BCUT2D eigenvalue weighted by molar-refractivity contribution is 6.01. The van der Waals surface area contributed by atoms with Gasteiger partial charge in [0.05, 0.1) is 7.11 Å².